The maximum atomic E-state index is 10.9. The third kappa shape index (κ3) is 11.3. The number of rotatable bonds is 18. The summed E-state index contributed by atoms with van der Waals surface area (Å²) in [5.41, 5.74) is 2.87. The standard InChI is InChI=1S/C13H22N5O5P.C12H19N4O6P/c1-3-17(2)12-11-13(15-7-14-12)18(8-16-11)10(4-5-19)6-23-9-24(20,21)22;17-3-1-9(5-22-8-23(19,20)21)16-7-15-11-10(2-4-18)13-6-14-12(11)16/h7-8,10,19H,3-6,9H2,1-2H3,(H2,20,21,22);6-7,9,17-18H,1-5,8H2,(H2,19,20,21). The first-order valence-corrected chi connectivity index (χ1v) is 18.0. The van der Waals surface area contributed by atoms with Gasteiger partial charge in [-0.3, -0.25) is 9.13 Å². The van der Waals surface area contributed by atoms with Gasteiger partial charge in [-0.05, 0) is 19.8 Å². The molecule has 0 saturated heterocycles. The van der Waals surface area contributed by atoms with Gasteiger partial charge in [0.25, 0.3) is 0 Å². The summed E-state index contributed by atoms with van der Waals surface area (Å²) >= 11 is 0. The molecule has 4 aromatic rings. The average Bonchev–Trinajstić information content (AvgIpc) is 3.64. The minimum atomic E-state index is -4.25. The van der Waals surface area contributed by atoms with Gasteiger partial charge in [0.1, 0.15) is 30.9 Å². The Hall–Kier alpha value is -3.00. The molecule has 0 aliphatic rings. The van der Waals surface area contributed by atoms with Crippen LogP contribution in [-0.4, -0.2) is 133 Å². The van der Waals surface area contributed by atoms with Crippen LogP contribution in [0.2, 0.25) is 0 Å². The van der Waals surface area contributed by atoms with Crippen LogP contribution in [0.25, 0.3) is 22.3 Å². The molecular weight excluding hydrogens is 664 g/mol. The minimum absolute atomic E-state index is 0.00351. The molecule has 262 valence electrons. The van der Waals surface area contributed by atoms with Crippen molar-refractivity contribution in [3.8, 4) is 0 Å². The molecule has 0 radical (unpaired) electrons. The van der Waals surface area contributed by atoms with Crippen LogP contribution in [0.15, 0.2) is 25.3 Å². The summed E-state index contributed by atoms with van der Waals surface area (Å²) in [6.45, 7) is 2.48. The number of imidazole rings is 2. The lowest BCUT2D eigenvalue weighted by Gasteiger charge is -2.19. The summed E-state index contributed by atoms with van der Waals surface area (Å²) in [6.07, 6.45) is 5.53. The fraction of sp³-hybridized carbons (Fsp3) is 0.600. The maximum absolute atomic E-state index is 10.9. The van der Waals surface area contributed by atoms with Gasteiger partial charge in [-0.15, -0.1) is 0 Å². The van der Waals surface area contributed by atoms with Crippen LogP contribution in [0.1, 0.15) is 37.5 Å². The van der Waals surface area contributed by atoms with E-state index < -0.39 is 27.9 Å². The number of ether oxygens (including phenoxy) is 2. The smallest absolute Gasteiger partial charge is 0.350 e. The monoisotopic (exact) mass is 705 g/mol. The van der Waals surface area contributed by atoms with Gasteiger partial charge in [-0.1, -0.05) is 0 Å². The molecule has 4 rings (SSSR count). The van der Waals surface area contributed by atoms with E-state index in [0.717, 1.165) is 6.54 Å². The second-order valence-electron chi connectivity index (χ2n) is 10.3. The van der Waals surface area contributed by atoms with E-state index in [0.29, 0.717) is 53.1 Å². The first kappa shape index (κ1) is 38.4. The van der Waals surface area contributed by atoms with Crippen molar-refractivity contribution in [3.05, 3.63) is 31.0 Å². The highest BCUT2D eigenvalue weighted by Gasteiger charge is 2.22. The highest BCUT2D eigenvalue weighted by Crippen LogP contribution is 2.35. The van der Waals surface area contributed by atoms with Crippen molar-refractivity contribution >= 4 is 43.3 Å². The van der Waals surface area contributed by atoms with Crippen molar-refractivity contribution in [1.82, 2.24) is 39.0 Å². The second kappa shape index (κ2) is 18.0. The first-order valence-electron chi connectivity index (χ1n) is 14.5. The zero-order valence-corrected chi connectivity index (χ0v) is 27.7. The van der Waals surface area contributed by atoms with E-state index in [1.165, 1.54) is 19.0 Å². The highest BCUT2D eigenvalue weighted by atomic mass is 31.2. The highest BCUT2D eigenvalue weighted by molar-refractivity contribution is 7.51. The van der Waals surface area contributed by atoms with Crippen LogP contribution >= 0.6 is 15.2 Å². The predicted octanol–water partition coefficient (Wildman–Crippen LogP) is -0.206. The van der Waals surface area contributed by atoms with E-state index in [1.807, 2.05) is 18.9 Å². The number of hydrogen-bond donors (Lipinski definition) is 7. The first-order chi connectivity index (χ1) is 22.3. The largest absolute Gasteiger partial charge is 0.396 e. The van der Waals surface area contributed by atoms with Crippen molar-refractivity contribution in [2.75, 3.05) is 64.2 Å². The number of nitrogens with zero attached hydrogens (tertiary/aromatic N) is 9. The van der Waals surface area contributed by atoms with E-state index in [1.54, 1.807) is 15.5 Å². The molecule has 4 heterocycles. The number of aliphatic hydroxyl groups is 3. The third-order valence-electron chi connectivity index (χ3n) is 6.81. The predicted molar refractivity (Wildman–Crippen MR) is 168 cm³/mol. The Kier molecular flexibility index (Phi) is 14.7. The maximum Gasteiger partial charge on any atom is 0.350 e. The van der Waals surface area contributed by atoms with Crippen molar-refractivity contribution in [2.45, 2.75) is 38.3 Å². The molecule has 20 nitrogen and oxygen atoms in total. The number of aliphatic hydroxyl groups excluding tert-OH is 3. The summed E-state index contributed by atoms with van der Waals surface area (Å²) in [7, 11) is -6.58. The van der Waals surface area contributed by atoms with E-state index in [4.69, 9.17) is 34.2 Å². The van der Waals surface area contributed by atoms with Gasteiger partial charge in [0.05, 0.1) is 43.6 Å². The summed E-state index contributed by atoms with van der Waals surface area (Å²) in [5.74, 6) is 0.695. The zero-order chi connectivity index (χ0) is 34.6. The molecule has 0 saturated carbocycles. The molecule has 2 unspecified atom stereocenters. The Morgan fingerprint density at radius 1 is 0.745 bits per heavy atom. The van der Waals surface area contributed by atoms with E-state index in [9.17, 15) is 19.3 Å². The van der Waals surface area contributed by atoms with Crippen LogP contribution in [-0.2, 0) is 25.0 Å². The topological polar surface area (TPSA) is 285 Å². The molecule has 7 N–H and O–H groups in total. The molecule has 0 amide bonds. The fourth-order valence-electron chi connectivity index (χ4n) is 4.51. The zero-order valence-electron chi connectivity index (χ0n) is 25.9. The lowest BCUT2D eigenvalue weighted by molar-refractivity contribution is 0.112. The van der Waals surface area contributed by atoms with Crippen LogP contribution < -0.4 is 4.90 Å². The lowest BCUT2D eigenvalue weighted by atomic mass is 10.2. The average molecular weight is 706 g/mol. The Balaban J connectivity index is 0.000000256. The number of anilines is 1. The van der Waals surface area contributed by atoms with Gasteiger partial charge < -0.3 is 58.4 Å². The normalized spacial score (nSPS) is 13.5. The van der Waals surface area contributed by atoms with Gasteiger partial charge in [0.2, 0.25) is 0 Å². The molecule has 47 heavy (non-hydrogen) atoms. The van der Waals surface area contributed by atoms with Crippen LogP contribution in [0.4, 0.5) is 5.82 Å². The molecular formula is C25H41N9O11P2. The molecule has 4 aromatic heterocycles. The molecule has 0 aromatic carbocycles. The summed E-state index contributed by atoms with van der Waals surface area (Å²) < 4.78 is 35.3. The molecule has 22 heteroatoms. The molecule has 0 bridgehead atoms. The Labute approximate surface area is 269 Å². The summed E-state index contributed by atoms with van der Waals surface area (Å²) in [5, 5.41) is 27.5. The third-order valence-corrected chi connectivity index (χ3v) is 7.85. The number of hydrogen-bond acceptors (Lipinski definition) is 14. The van der Waals surface area contributed by atoms with Crippen molar-refractivity contribution < 1.29 is 53.5 Å². The SMILES string of the molecule is CCN(C)c1ncnc2c1ncn2C(CCO)COCP(=O)(O)O.O=P(O)(O)COCC(CCO)n1cnc2c(CCO)ncnc21. The Morgan fingerprint density at radius 2 is 1.23 bits per heavy atom. The van der Waals surface area contributed by atoms with Crippen LogP contribution in [0.3, 0.4) is 0 Å². The number of aromatic nitrogens is 8. The van der Waals surface area contributed by atoms with Crippen molar-refractivity contribution in [1.29, 1.82) is 0 Å². The number of fused-ring (bicyclic) bond motifs is 2. The Morgan fingerprint density at radius 3 is 1.70 bits per heavy atom. The van der Waals surface area contributed by atoms with Crippen molar-refractivity contribution in [2.24, 2.45) is 0 Å². The lowest BCUT2D eigenvalue weighted by Crippen LogP contribution is -2.19. The van der Waals surface area contributed by atoms with Gasteiger partial charge in [0.15, 0.2) is 22.6 Å². The van der Waals surface area contributed by atoms with Crippen LogP contribution in [0.5, 0.6) is 0 Å². The molecule has 2 atom stereocenters. The Bertz CT molecular complexity index is 1650. The van der Waals surface area contributed by atoms with E-state index in [-0.39, 0.29) is 45.1 Å². The summed E-state index contributed by atoms with van der Waals surface area (Å²) in [4.78, 5) is 62.7. The van der Waals surface area contributed by atoms with Crippen LogP contribution in [0, 0.1) is 0 Å². The summed E-state index contributed by atoms with van der Waals surface area (Å²) in [6, 6.07) is -0.727. The van der Waals surface area contributed by atoms with Crippen molar-refractivity contribution in [3.63, 3.8) is 0 Å². The van der Waals surface area contributed by atoms with Gasteiger partial charge >= 0.3 is 15.2 Å². The van der Waals surface area contributed by atoms with Gasteiger partial charge in [0, 0.05) is 39.8 Å². The minimum Gasteiger partial charge on any atom is -0.396 e. The molecule has 0 fully saturated rings. The second-order valence-corrected chi connectivity index (χ2v) is 13.5. The quantitative estimate of drug-likeness (QED) is 0.0659. The van der Waals surface area contributed by atoms with Gasteiger partial charge in [-0.2, -0.15) is 0 Å². The molecule has 0 aliphatic heterocycles. The van der Waals surface area contributed by atoms with E-state index >= 15 is 0 Å². The van der Waals surface area contributed by atoms with E-state index in [2.05, 4.69) is 29.9 Å². The molecule has 0 aliphatic carbocycles. The van der Waals surface area contributed by atoms with Gasteiger partial charge in [-0.25, -0.2) is 29.9 Å². The fourth-order valence-corrected chi connectivity index (χ4v) is 5.20. The molecule has 0 spiro atoms.